The van der Waals surface area contributed by atoms with E-state index in [1.165, 1.54) is 0 Å². The smallest absolute Gasteiger partial charge is 0.150 e. The first kappa shape index (κ1) is 10.4. The number of rotatable bonds is 1. The number of aromatic nitrogens is 1. The molecule has 0 bridgehead atoms. The van der Waals surface area contributed by atoms with Crippen LogP contribution in [0.25, 0.3) is 0 Å². The van der Waals surface area contributed by atoms with Gasteiger partial charge < -0.3 is 5.73 Å². The molecule has 1 fully saturated rings. The number of nitrogen functional groups attached to an aromatic ring is 1. The summed E-state index contributed by atoms with van der Waals surface area (Å²) >= 11 is 0. The molecule has 1 aromatic rings. The first-order valence-corrected chi connectivity index (χ1v) is 6.81. The van der Waals surface area contributed by atoms with Gasteiger partial charge in [0, 0.05) is 11.6 Å². The van der Waals surface area contributed by atoms with Gasteiger partial charge in [-0.1, -0.05) is 0 Å². The van der Waals surface area contributed by atoms with Crippen LogP contribution in [0, 0.1) is 0 Å². The zero-order valence-corrected chi connectivity index (χ0v) is 9.20. The Morgan fingerprint density at radius 2 is 1.93 bits per heavy atom. The van der Waals surface area contributed by atoms with E-state index in [0.29, 0.717) is 18.5 Å². The predicted molar refractivity (Wildman–Crippen MR) is 59.3 cm³/mol. The van der Waals surface area contributed by atoms with Gasteiger partial charge in [-0.3, -0.25) is 4.98 Å². The van der Waals surface area contributed by atoms with E-state index >= 15 is 0 Å². The summed E-state index contributed by atoms with van der Waals surface area (Å²) in [5, 5.41) is 0. The average molecular weight is 226 g/mol. The van der Waals surface area contributed by atoms with Crippen LogP contribution in [0.3, 0.4) is 0 Å². The third-order valence-corrected chi connectivity index (χ3v) is 4.50. The highest BCUT2D eigenvalue weighted by molar-refractivity contribution is 7.91. The van der Waals surface area contributed by atoms with Crippen LogP contribution in [0.1, 0.15) is 24.5 Å². The summed E-state index contributed by atoms with van der Waals surface area (Å²) < 4.78 is 22.5. The summed E-state index contributed by atoms with van der Waals surface area (Å²) in [6, 6.07) is 3.70. The molecule has 2 heterocycles. The zero-order valence-electron chi connectivity index (χ0n) is 8.39. The molecule has 2 N–H and O–H groups in total. The Morgan fingerprint density at radius 1 is 1.27 bits per heavy atom. The van der Waals surface area contributed by atoms with Crippen LogP contribution in [0.15, 0.2) is 18.3 Å². The monoisotopic (exact) mass is 226 g/mol. The Balaban J connectivity index is 2.11. The molecule has 1 saturated heterocycles. The number of nitrogens with zero attached hydrogens (tertiary/aromatic N) is 1. The molecular weight excluding hydrogens is 212 g/mol. The highest BCUT2D eigenvalue weighted by atomic mass is 32.2. The molecule has 0 atom stereocenters. The van der Waals surface area contributed by atoms with E-state index in [0.717, 1.165) is 5.69 Å². The second kappa shape index (κ2) is 3.81. The van der Waals surface area contributed by atoms with Crippen LogP contribution in [0.2, 0.25) is 0 Å². The van der Waals surface area contributed by atoms with Gasteiger partial charge in [0.2, 0.25) is 0 Å². The van der Waals surface area contributed by atoms with Crippen molar-refractivity contribution >= 4 is 15.5 Å². The van der Waals surface area contributed by atoms with E-state index in [4.69, 9.17) is 5.73 Å². The fraction of sp³-hybridized carbons (Fsp3) is 0.500. The van der Waals surface area contributed by atoms with Crippen LogP contribution >= 0.6 is 0 Å². The van der Waals surface area contributed by atoms with Gasteiger partial charge in [0.05, 0.1) is 23.4 Å². The van der Waals surface area contributed by atoms with E-state index < -0.39 is 9.84 Å². The molecule has 0 amide bonds. The topological polar surface area (TPSA) is 73.1 Å². The summed E-state index contributed by atoms with van der Waals surface area (Å²) in [5.74, 6) is 0.835. The van der Waals surface area contributed by atoms with E-state index in [1.54, 1.807) is 6.20 Å². The van der Waals surface area contributed by atoms with E-state index in [9.17, 15) is 8.42 Å². The van der Waals surface area contributed by atoms with Crippen molar-refractivity contribution in [1.29, 1.82) is 0 Å². The fourth-order valence-corrected chi connectivity index (χ4v) is 3.34. The Labute approximate surface area is 89.4 Å². The van der Waals surface area contributed by atoms with Gasteiger partial charge in [-0.05, 0) is 25.0 Å². The largest absolute Gasteiger partial charge is 0.397 e. The molecule has 0 radical (unpaired) electrons. The van der Waals surface area contributed by atoms with Crippen molar-refractivity contribution in [3.8, 4) is 0 Å². The van der Waals surface area contributed by atoms with Crippen molar-refractivity contribution in [3.05, 3.63) is 24.0 Å². The standard InChI is InChI=1S/C10H14N2O2S/c11-9-1-2-10(12-7-9)8-3-5-15(13,14)6-4-8/h1-2,7-8H,3-6,11H2. The first-order valence-electron chi connectivity index (χ1n) is 4.99. The minimum absolute atomic E-state index is 0.272. The van der Waals surface area contributed by atoms with Gasteiger partial charge in [-0.25, -0.2) is 8.42 Å². The molecular formula is C10H14N2O2S. The molecule has 1 aliphatic heterocycles. The summed E-state index contributed by atoms with van der Waals surface area (Å²) in [5.41, 5.74) is 7.14. The van der Waals surface area contributed by atoms with Crippen molar-refractivity contribution in [2.75, 3.05) is 17.2 Å². The molecule has 0 spiro atoms. The maximum absolute atomic E-state index is 11.2. The third kappa shape index (κ3) is 2.47. The molecule has 2 rings (SSSR count). The summed E-state index contributed by atoms with van der Waals surface area (Å²) in [7, 11) is -2.78. The zero-order chi connectivity index (χ0) is 10.9. The lowest BCUT2D eigenvalue weighted by Crippen LogP contribution is -2.22. The van der Waals surface area contributed by atoms with Crippen molar-refractivity contribution in [2.45, 2.75) is 18.8 Å². The van der Waals surface area contributed by atoms with Crippen molar-refractivity contribution in [1.82, 2.24) is 4.98 Å². The van der Waals surface area contributed by atoms with Crippen LogP contribution < -0.4 is 5.73 Å². The van der Waals surface area contributed by atoms with Gasteiger partial charge in [-0.2, -0.15) is 0 Å². The summed E-state index contributed by atoms with van der Waals surface area (Å²) in [6.07, 6.45) is 2.98. The molecule has 4 nitrogen and oxygen atoms in total. The predicted octanol–water partition coefficient (Wildman–Crippen LogP) is 0.956. The Bertz CT molecular complexity index is 425. The number of hydrogen-bond donors (Lipinski definition) is 1. The van der Waals surface area contributed by atoms with Gasteiger partial charge in [0.1, 0.15) is 9.84 Å². The second-order valence-corrected chi connectivity index (χ2v) is 6.25. The highest BCUT2D eigenvalue weighted by Gasteiger charge is 2.25. The van der Waals surface area contributed by atoms with Gasteiger partial charge >= 0.3 is 0 Å². The third-order valence-electron chi connectivity index (χ3n) is 2.78. The Morgan fingerprint density at radius 3 is 2.47 bits per heavy atom. The molecule has 0 unspecified atom stereocenters. The molecule has 1 aliphatic rings. The normalized spacial score (nSPS) is 21.3. The molecule has 1 aromatic heterocycles. The van der Waals surface area contributed by atoms with Crippen molar-refractivity contribution < 1.29 is 8.42 Å². The van der Waals surface area contributed by atoms with Gasteiger partial charge in [0.25, 0.3) is 0 Å². The van der Waals surface area contributed by atoms with Gasteiger partial charge in [-0.15, -0.1) is 0 Å². The van der Waals surface area contributed by atoms with Crippen molar-refractivity contribution in [3.63, 3.8) is 0 Å². The summed E-state index contributed by atoms with van der Waals surface area (Å²) in [4.78, 5) is 4.23. The van der Waals surface area contributed by atoms with E-state index in [-0.39, 0.29) is 17.4 Å². The van der Waals surface area contributed by atoms with E-state index in [1.807, 2.05) is 12.1 Å². The second-order valence-electron chi connectivity index (χ2n) is 3.94. The lowest BCUT2D eigenvalue weighted by Gasteiger charge is -2.21. The molecule has 0 aliphatic carbocycles. The first-order chi connectivity index (χ1) is 7.07. The molecule has 0 saturated carbocycles. The maximum atomic E-state index is 11.2. The Hall–Kier alpha value is -1.10. The summed E-state index contributed by atoms with van der Waals surface area (Å²) in [6.45, 7) is 0. The molecule has 5 heteroatoms. The number of anilines is 1. The number of nitrogens with two attached hydrogens (primary N) is 1. The molecule has 15 heavy (non-hydrogen) atoms. The SMILES string of the molecule is Nc1ccc(C2CCS(=O)(=O)CC2)nc1. The Kier molecular flexibility index (Phi) is 2.65. The molecule has 0 aromatic carbocycles. The van der Waals surface area contributed by atoms with Crippen molar-refractivity contribution in [2.24, 2.45) is 0 Å². The number of pyridine rings is 1. The molecule has 82 valence electrons. The minimum atomic E-state index is -2.78. The number of hydrogen-bond acceptors (Lipinski definition) is 4. The number of sulfone groups is 1. The quantitative estimate of drug-likeness (QED) is 0.774. The van der Waals surface area contributed by atoms with Gasteiger partial charge in [0.15, 0.2) is 0 Å². The van der Waals surface area contributed by atoms with Crippen LogP contribution in [0.4, 0.5) is 5.69 Å². The van der Waals surface area contributed by atoms with Crippen LogP contribution in [-0.4, -0.2) is 24.9 Å². The maximum Gasteiger partial charge on any atom is 0.150 e. The van der Waals surface area contributed by atoms with Crippen LogP contribution in [0.5, 0.6) is 0 Å². The highest BCUT2D eigenvalue weighted by Crippen LogP contribution is 2.27. The van der Waals surface area contributed by atoms with E-state index in [2.05, 4.69) is 4.98 Å². The fourth-order valence-electron chi connectivity index (χ4n) is 1.84. The lowest BCUT2D eigenvalue weighted by atomic mass is 9.98. The lowest BCUT2D eigenvalue weighted by molar-refractivity contribution is 0.544. The average Bonchev–Trinajstić information content (AvgIpc) is 2.20. The minimum Gasteiger partial charge on any atom is -0.397 e. The van der Waals surface area contributed by atoms with Crippen LogP contribution in [-0.2, 0) is 9.84 Å².